The SMILES string of the molecule is CC1CN(C(=O)c2nn(C)c3ccccc23)CCN1CC(=O)c1ccc(F)cc1. The third kappa shape index (κ3) is 3.78. The average molecular weight is 394 g/mol. The van der Waals surface area contributed by atoms with Gasteiger partial charge in [-0.3, -0.25) is 19.2 Å². The van der Waals surface area contributed by atoms with Gasteiger partial charge in [-0.25, -0.2) is 4.39 Å². The van der Waals surface area contributed by atoms with Crippen molar-refractivity contribution in [1.29, 1.82) is 0 Å². The molecule has 0 N–H and O–H groups in total. The van der Waals surface area contributed by atoms with Gasteiger partial charge in [-0.2, -0.15) is 5.10 Å². The second kappa shape index (κ2) is 7.75. The fraction of sp³-hybridized carbons (Fsp3) is 0.318. The Labute approximate surface area is 168 Å². The van der Waals surface area contributed by atoms with E-state index in [0.29, 0.717) is 30.9 Å². The van der Waals surface area contributed by atoms with Crippen LogP contribution >= 0.6 is 0 Å². The fourth-order valence-electron chi connectivity index (χ4n) is 3.85. The van der Waals surface area contributed by atoms with E-state index in [1.807, 2.05) is 38.2 Å². The number of ketones is 1. The highest BCUT2D eigenvalue weighted by molar-refractivity contribution is 6.05. The van der Waals surface area contributed by atoms with E-state index < -0.39 is 0 Å². The quantitative estimate of drug-likeness (QED) is 0.639. The van der Waals surface area contributed by atoms with Crippen molar-refractivity contribution in [2.75, 3.05) is 26.2 Å². The monoisotopic (exact) mass is 394 g/mol. The minimum absolute atomic E-state index is 0.0343. The van der Waals surface area contributed by atoms with Gasteiger partial charge in [-0.15, -0.1) is 0 Å². The summed E-state index contributed by atoms with van der Waals surface area (Å²) in [5.41, 5.74) is 1.88. The molecule has 1 amide bonds. The summed E-state index contributed by atoms with van der Waals surface area (Å²) in [4.78, 5) is 29.4. The van der Waals surface area contributed by atoms with Crippen molar-refractivity contribution in [3.05, 3.63) is 65.6 Å². The minimum Gasteiger partial charge on any atom is -0.334 e. The van der Waals surface area contributed by atoms with E-state index in [0.717, 1.165) is 10.9 Å². The number of hydrogen-bond acceptors (Lipinski definition) is 4. The number of carbonyl (C=O) groups excluding carboxylic acids is 2. The highest BCUT2D eigenvalue weighted by Gasteiger charge is 2.30. The lowest BCUT2D eigenvalue weighted by molar-refractivity contribution is 0.0498. The molecule has 29 heavy (non-hydrogen) atoms. The lowest BCUT2D eigenvalue weighted by atomic mass is 10.1. The Morgan fingerprint density at radius 1 is 1.10 bits per heavy atom. The van der Waals surface area contributed by atoms with Crippen molar-refractivity contribution >= 4 is 22.6 Å². The van der Waals surface area contributed by atoms with Crippen LogP contribution in [-0.2, 0) is 7.05 Å². The minimum atomic E-state index is -0.357. The van der Waals surface area contributed by atoms with Crippen LogP contribution in [0.1, 0.15) is 27.8 Å². The van der Waals surface area contributed by atoms with Crippen LogP contribution < -0.4 is 0 Å². The number of piperazine rings is 1. The molecule has 1 aromatic heterocycles. The molecule has 1 aliphatic rings. The molecule has 0 radical (unpaired) electrons. The lowest BCUT2D eigenvalue weighted by Gasteiger charge is -2.39. The molecule has 0 aliphatic carbocycles. The van der Waals surface area contributed by atoms with E-state index in [9.17, 15) is 14.0 Å². The number of halogens is 1. The number of carbonyl (C=O) groups is 2. The van der Waals surface area contributed by atoms with Gasteiger partial charge in [0.15, 0.2) is 11.5 Å². The van der Waals surface area contributed by atoms with Crippen molar-refractivity contribution in [1.82, 2.24) is 19.6 Å². The number of fused-ring (bicyclic) bond motifs is 1. The second-order valence-corrected chi connectivity index (χ2v) is 7.49. The van der Waals surface area contributed by atoms with Crippen molar-refractivity contribution in [2.24, 2.45) is 7.05 Å². The van der Waals surface area contributed by atoms with Crippen LogP contribution in [0.2, 0.25) is 0 Å². The third-order valence-corrected chi connectivity index (χ3v) is 5.53. The predicted molar refractivity (Wildman–Crippen MR) is 108 cm³/mol. The molecular weight excluding hydrogens is 371 g/mol. The summed E-state index contributed by atoms with van der Waals surface area (Å²) in [5.74, 6) is -0.491. The molecule has 4 rings (SSSR count). The topological polar surface area (TPSA) is 58.4 Å². The van der Waals surface area contributed by atoms with Gasteiger partial charge in [0.25, 0.3) is 5.91 Å². The Balaban J connectivity index is 1.44. The highest BCUT2D eigenvalue weighted by atomic mass is 19.1. The predicted octanol–water partition coefficient (Wildman–Crippen LogP) is 2.74. The molecule has 7 heteroatoms. The van der Waals surface area contributed by atoms with Gasteiger partial charge < -0.3 is 4.90 Å². The maximum absolute atomic E-state index is 13.1. The number of aromatic nitrogens is 2. The zero-order chi connectivity index (χ0) is 20.5. The van der Waals surface area contributed by atoms with Crippen molar-refractivity contribution in [3.63, 3.8) is 0 Å². The molecular formula is C22H23FN4O2. The van der Waals surface area contributed by atoms with Crippen LogP contribution in [0.3, 0.4) is 0 Å². The molecule has 1 atom stereocenters. The number of benzene rings is 2. The van der Waals surface area contributed by atoms with Crippen LogP contribution in [0, 0.1) is 5.82 Å². The molecule has 6 nitrogen and oxygen atoms in total. The van der Waals surface area contributed by atoms with E-state index in [-0.39, 0.29) is 30.1 Å². The second-order valence-electron chi connectivity index (χ2n) is 7.49. The number of Topliss-reactive ketones (excluding diaryl/α,β-unsaturated/α-hetero) is 1. The summed E-state index contributed by atoms with van der Waals surface area (Å²) in [6, 6.07) is 13.3. The molecule has 150 valence electrons. The molecule has 1 saturated heterocycles. The normalized spacial score (nSPS) is 17.6. The summed E-state index contributed by atoms with van der Waals surface area (Å²) < 4.78 is 14.8. The number of para-hydroxylation sites is 1. The van der Waals surface area contributed by atoms with Crippen LogP contribution in [0.15, 0.2) is 48.5 Å². The molecule has 0 saturated carbocycles. The van der Waals surface area contributed by atoms with Crippen LogP contribution in [-0.4, -0.2) is 63.5 Å². The first-order valence-corrected chi connectivity index (χ1v) is 9.68. The van der Waals surface area contributed by atoms with Gasteiger partial charge in [0.05, 0.1) is 12.1 Å². The van der Waals surface area contributed by atoms with Gasteiger partial charge in [0, 0.05) is 43.7 Å². The molecule has 2 aromatic carbocycles. The summed E-state index contributed by atoms with van der Waals surface area (Å²) in [6.45, 7) is 3.92. The molecule has 1 unspecified atom stereocenters. The van der Waals surface area contributed by atoms with Gasteiger partial charge >= 0.3 is 0 Å². The maximum atomic E-state index is 13.1. The molecule has 3 aromatic rings. The van der Waals surface area contributed by atoms with E-state index >= 15 is 0 Å². The van der Waals surface area contributed by atoms with Gasteiger partial charge in [-0.1, -0.05) is 18.2 Å². The Hall–Kier alpha value is -3.06. The first kappa shape index (κ1) is 19.3. The smallest absolute Gasteiger partial charge is 0.275 e. The summed E-state index contributed by atoms with van der Waals surface area (Å²) in [7, 11) is 1.83. The van der Waals surface area contributed by atoms with Crippen molar-refractivity contribution < 1.29 is 14.0 Å². The molecule has 1 fully saturated rings. The van der Waals surface area contributed by atoms with Crippen molar-refractivity contribution in [3.8, 4) is 0 Å². The average Bonchev–Trinajstić information content (AvgIpc) is 3.06. The highest BCUT2D eigenvalue weighted by Crippen LogP contribution is 2.21. The van der Waals surface area contributed by atoms with Gasteiger partial charge in [-0.05, 0) is 37.3 Å². The number of nitrogens with zero attached hydrogens (tertiary/aromatic N) is 4. The lowest BCUT2D eigenvalue weighted by Crippen LogP contribution is -2.54. The van der Waals surface area contributed by atoms with Gasteiger partial charge in [0.1, 0.15) is 5.82 Å². The molecule has 0 bridgehead atoms. The maximum Gasteiger partial charge on any atom is 0.275 e. The third-order valence-electron chi connectivity index (χ3n) is 5.53. The number of amides is 1. The number of rotatable bonds is 4. The zero-order valence-electron chi connectivity index (χ0n) is 16.5. The van der Waals surface area contributed by atoms with Crippen molar-refractivity contribution in [2.45, 2.75) is 13.0 Å². The van der Waals surface area contributed by atoms with E-state index in [1.54, 1.807) is 9.58 Å². The molecule has 2 heterocycles. The standard InChI is InChI=1S/C22H23FN4O2/c1-15-13-27(22(29)21-18-5-3-4-6-19(18)25(2)24-21)12-11-26(15)14-20(28)16-7-9-17(23)10-8-16/h3-10,15H,11-14H2,1-2H3. The first-order valence-electron chi connectivity index (χ1n) is 9.68. The molecule has 0 spiro atoms. The largest absolute Gasteiger partial charge is 0.334 e. The fourth-order valence-corrected chi connectivity index (χ4v) is 3.85. The van der Waals surface area contributed by atoms with E-state index in [4.69, 9.17) is 0 Å². The van der Waals surface area contributed by atoms with E-state index in [1.165, 1.54) is 24.3 Å². The van der Waals surface area contributed by atoms with E-state index in [2.05, 4.69) is 10.00 Å². The Morgan fingerprint density at radius 2 is 1.83 bits per heavy atom. The van der Waals surface area contributed by atoms with Crippen LogP contribution in [0.4, 0.5) is 4.39 Å². The van der Waals surface area contributed by atoms with Crippen LogP contribution in [0.5, 0.6) is 0 Å². The first-order chi connectivity index (χ1) is 13.9. The van der Waals surface area contributed by atoms with Gasteiger partial charge in [0.2, 0.25) is 0 Å². The summed E-state index contributed by atoms with van der Waals surface area (Å²) in [5, 5.41) is 5.28. The number of aryl methyl sites for hydroxylation is 1. The summed E-state index contributed by atoms with van der Waals surface area (Å²) in [6.07, 6.45) is 0. The number of hydrogen-bond donors (Lipinski definition) is 0. The zero-order valence-corrected chi connectivity index (χ0v) is 16.5. The summed E-state index contributed by atoms with van der Waals surface area (Å²) >= 11 is 0. The Morgan fingerprint density at radius 3 is 2.55 bits per heavy atom. The van der Waals surface area contributed by atoms with Crippen LogP contribution in [0.25, 0.3) is 10.9 Å². The molecule has 1 aliphatic heterocycles. The Bertz CT molecular complexity index is 1060. The Kier molecular flexibility index (Phi) is 5.15.